The fraction of sp³-hybridized carbons (Fsp3) is 0.400. The predicted molar refractivity (Wildman–Crippen MR) is 26.5 cm³/mol. The van der Waals surface area contributed by atoms with E-state index in [1.165, 1.54) is 9.13 Å². The normalized spacial score (nSPS) is 8.78. The van der Waals surface area contributed by atoms with Crippen LogP contribution in [0.3, 0.4) is 0 Å². The number of aryl methyl sites for hydroxylation is 2. The molecule has 0 saturated heterocycles. The zero-order chi connectivity index (χ0) is 6.15. The topological polar surface area (TPSA) is 8.81 Å². The van der Waals surface area contributed by atoms with Gasteiger partial charge < -0.3 is 12.4 Å². The molecule has 0 atom stereocenters. The number of aromatic nitrogens is 2. The molecule has 0 aliphatic rings. The van der Waals surface area contributed by atoms with E-state index in [9.17, 15) is 4.39 Å². The fourth-order valence-corrected chi connectivity index (χ4v) is 0.572. The monoisotopic (exact) mass is 150 g/mol. The van der Waals surface area contributed by atoms with Gasteiger partial charge in [-0.1, -0.05) is 0 Å². The molecule has 0 aromatic carbocycles. The Kier molecular flexibility index (Phi) is 2.65. The Morgan fingerprint density at radius 1 is 1.67 bits per heavy atom. The van der Waals surface area contributed by atoms with Crippen LogP contribution in [0.2, 0.25) is 0 Å². The standard InChI is InChI=1S/C5H8FN2.ClH/c1-7-3-4-8(2)5(7)6;/h3-4H,1-2H3;1H/q+1;/p-1. The lowest BCUT2D eigenvalue weighted by atomic mass is 10.9. The SMILES string of the molecule is Cn1cc[n+](C)c1F.[Cl-]. The third-order valence-electron chi connectivity index (χ3n) is 1.10. The van der Waals surface area contributed by atoms with Crippen molar-refractivity contribution in [3.63, 3.8) is 0 Å². The van der Waals surface area contributed by atoms with Crippen molar-refractivity contribution in [3.8, 4) is 0 Å². The van der Waals surface area contributed by atoms with E-state index in [4.69, 9.17) is 0 Å². The van der Waals surface area contributed by atoms with Gasteiger partial charge in [0.25, 0.3) is 0 Å². The number of hydrogen-bond donors (Lipinski definition) is 0. The maximum absolute atomic E-state index is 12.4. The van der Waals surface area contributed by atoms with Gasteiger partial charge in [-0.25, -0.2) is 9.13 Å². The Labute approximate surface area is 59.3 Å². The van der Waals surface area contributed by atoms with E-state index in [-0.39, 0.29) is 18.5 Å². The first kappa shape index (κ1) is 8.43. The van der Waals surface area contributed by atoms with Crippen molar-refractivity contribution in [2.75, 3.05) is 0 Å². The molecular formula is C5H8ClFN2. The molecular weight excluding hydrogens is 143 g/mol. The molecule has 0 saturated carbocycles. The molecule has 9 heavy (non-hydrogen) atoms. The summed E-state index contributed by atoms with van der Waals surface area (Å²) in [6, 6.07) is 0. The van der Waals surface area contributed by atoms with Gasteiger partial charge in [0, 0.05) is 0 Å². The smallest absolute Gasteiger partial charge is 0.445 e. The van der Waals surface area contributed by atoms with Crippen molar-refractivity contribution in [1.82, 2.24) is 4.57 Å². The van der Waals surface area contributed by atoms with Gasteiger partial charge in [-0.2, -0.15) is 0 Å². The first-order valence-corrected chi connectivity index (χ1v) is 2.38. The van der Waals surface area contributed by atoms with Crippen LogP contribution in [0, 0.1) is 6.08 Å². The lowest BCUT2D eigenvalue weighted by molar-refractivity contribution is -0.700. The van der Waals surface area contributed by atoms with Crippen LogP contribution in [0.25, 0.3) is 0 Å². The molecule has 0 aliphatic heterocycles. The summed E-state index contributed by atoms with van der Waals surface area (Å²) in [5, 5.41) is 0. The van der Waals surface area contributed by atoms with Crippen molar-refractivity contribution in [1.29, 1.82) is 0 Å². The summed E-state index contributed by atoms with van der Waals surface area (Å²) >= 11 is 0. The number of imidazole rings is 1. The van der Waals surface area contributed by atoms with Crippen LogP contribution in [0.5, 0.6) is 0 Å². The number of nitrogens with zero attached hydrogens (tertiary/aromatic N) is 2. The molecule has 0 N–H and O–H groups in total. The second-order valence-electron chi connectivity index (χ2n) is 1.79. The Morgan fingerprint density at radius 3 is 2.33 bits per heavy atom. The highest BCUT2D eigenvalue weighted by atomic mass is 35.5. The minimum Gasteiger partial charge on any atom is -1.00 e. The third kappa shape index (κ3) is 1.42. The van der Waals surface area contributed by atoms with E-state index >= 15 is 0 Å². The molecule has 0 aliphatic carbocycles. The average molecular weight is 151 g/mol. The van der Waals surface area contributed by atoms with Crippen LogP contribution in [0.15, 0.2) is 12.4 Å². The van der Waals surface area contributed by atoms with Crippen LogP contribution in [-0.4, -0.2) is 4.57 Å². The lowest BCUT2D eigenvalue weighted by Crippen LogP contribution is -3.00. The molecule has 0 fully saturated rings. The van der Waals surface area contributed by atoms with Gasteiger partial charge in [0.05, 0.1) is 14.1 Å². The summed E-state index contributed by atoms with van der Waals surface area (Å²) in [7, 11) is 3.32. The van der Waals surface area contributed by atoms with E-state index < -0.39 is 0 Å². The van der Waals surface area contributed by atoms with Crippen molar-refractivity contribution in [2.24, 2.45) is 14.1 Å². The molecule has 1 aromatic rings. The van der Waals surface area contributed by atoms with Gasteiger partial charge >= 0.3 is 6.08 Å². The van der Waals surface area contributed by atoms with Crippen LogP contribution >= 0.6 is 0 Å². The molecule has 0 amide bonds. The average Bonchev–Trinajstić information content (AvgIpc) is 1.98. The van der Waals surface area contributed by atoms with E-state index in [1.54, 1.807) is 26.5 Å². The van der Waals surface area contributed by atoms with Gasteiger partial charge in [0.15, 0.2) is 0 Å². The highest BCUT2D eigenvalue weighted by Crippen LogP contribution is 1.84. The first-order chi connectivity index (χ1) is 3.72. The molecule has 0 bridgehead atoms. The molecule has 0 radical (unpaired) electrons. The minimum atomic E-state index is -0.231. The highest BCUT2D eigenvalue weighted by Gasteiger charge is 2.06. The van der Waals surface area contributed by atoms with Crippen molar-refractivity contribution in [3.05, 3.63) is 18.5 Å². The number of halogens is 2. The van der Waals surface area contributed by atoms with Crippen molar-refractivity contribution in [2.45, 2.75) is 0 Å². The quantitative estimate of drug-likeness (QED) is 0.349. The van der Waals surface area contributed by atoms with Crippen LogP contribution in [0.4, 0.5) is 4.39 Å². The molecule has 1 rings (SSSR count). The van der Waals surface area contributed by atoms with Gasteiger partial charge in [0.1, 0.15) is 12.4 Å². The highest BCUT2D eigenvalue weighted by molar-refractivity contribution is 4.64. The largest absolute Gasteiger partial charge is 1.00 e. The van der Waals surface area contributed by atoms with E-state index in [0.29, 0.717) is 0 Å². The zero-order valence-corrected chi connectivity index (χ0v) is 6.06. The molecule has 1 aromatic heterocycles. The molecule has 0 unspecified atom stereocenters. The maximum atomic E-state index is 12.4. The van der Waals surface area contributed by atoms with Crippen molar-refractivity contribution >= 4 is 0 Å². The number of hydrogen-bond acceptors (Lipinski definition) is 0. The third-order valence-corrected chi connectivity index (χ3v) is 1.10. The number of rotatable bonds is 0. The van der Waals surface area contributed by atoms with Crippen LogP contribution < -0.4 is 17.0 Å². The summed E-state index contributed by atoms with van der Waals surface area (Å²) < 4.78 is 15.2. The van der Waals surface area contributed by atoms with Crippen LogP contribution in [0.1, 0.15) is 0 Å². The molecule has 4 heteroatoms. The van der Waals surface area contributed by atoms with Crippen molar-refractivity contribution < 1.29 is 21.4 Å². The van der Waals surface area contributed by atoms with Crippen LogP contribution in [-0.2, 0) is 14.1 Å². The lowest BCUT2D eigenvalue weighted by Gasteiger charge is -1.79. The summed E-state index contributed by atoms with van der Waals surface area (Å²) in [6.07, 6.45) is 3.09. The molecule has 1 heterocycles. The summed E-state index contributed by atoms with van der Waals surface area (Å²) in [5.74, 6) is 0. The van der Waals surface area contributed by atoms with E-state index in [0.717, 1.165) is 0 Å². The minimum absolute atomic E-state index is 0. The van der Waals surface area contributed by atoms with E-state index in [1.807, 2.05) is 0 Å². The predicted octanol–water partition coefficient (Wildman–Crippen LogP) is -3.01. The molecule has 2 nitrogen and oxygen atoms in total. The molecule has 0 spiro atoms. The Balaban J connectivity index is 0.000000640. The van der Waals surface area contributed by atoms with Gasteiger partial charge in [0.2, 0.25) is 0 Å². The van der Waals surface area contributed by atoms with Gasteiger partial charge in [-0.15, -0.1) is 4.39 Å². The summed E-state index contributed by atoms with van der Waals surface area (Å²) in [4.78, 5) is 0. The second kappa shape index (κ2) is 2.82. The molecule has 52 valence electrons. The summed E-state index contributed by atoms with van der Waals surface area (Å²) in [5.41, 5.74) is 0. The van der Waals surface area contributed by atoms with E-state index in [2.05, 4.69) is 0 Å². The first-order valence-electron chi connectivity index (χ1n) is 2.38. The second-order valence-corrected chi connectivity index (χ2v) is 1.79. The Morgan fingerprint density at radius 2 is 2.22 bits per heavy atom. The Hall–Kier alpha value is -0.570. The maximum Gasteiger partial charge on any atom is 0.445 e. The zero-order valence-electron chi connectivity index (χ0n) is 5.31. The fourth-order valence-electron chi connectivity index (χ4n) is 0.572. The Bertz CT molecular complexity index is 177. The summed E-state index contributed by atoms with van der Waals surface area (Å²) in [6.45, 7) is 0. The van der Waals surface area contributed by atoms with Gasteiger partial charge in [-0.3, -0.25) is 0 Å². The van der Waals surface area contributed by atoms with Gasteiger partial charge in [-0.05, 0) is 0 Å².